The average molecular weight is 474 g/mol. The number of piperidine rings is 1. The highest BCUT2D eigenvalue weighted by Gasteiger charge is 2.15. The number of hydrogen-bond donors (Lipinski definition) is 2. The van der Waals surface area contributed by atoms with Gasteiger partial charge in [0.25, 0.3) is 0 Å². The smallest absolute Gasteiger partial charge is 0.244 e. The summed E-state index contributed by atoms with van der Waals surface area (Å²) >= 11 is 0. The van der Waals surface area contributed by atoms with E-state index in [4.69, 9.17) is 4.74 Å². The number of hydrogen-bond acceptors (Lipinski definition) is 3. The molecule has 0 aromatic heterocycles. The number of aliphatic imine (C=N–C) groups is 1. The molecule has 2 rings (SSSR count). The Balaban J connectivity index is 0.00000338. The molecule has 0 unspecified atom stereocenters. The number of carbonyl (C=O) groups is 1. The molecule has 1 aromatic carbocycles. The maximum Gasteiger partial charge on any atom is 0.244 e. The van der Waals surface area contributed by atoms with Crippen LogP contribution in [0.25, 0.3) is 0 Å². The van der Waals surface area contributed by atoms with Crippen molar-refractivity contribution in [2.45, 2.75) is 32.6 Å². The molecule has 1 amide bonds. The fourth-order valence-corrected chi connectivity index (χ4v) is 2.85. The fourth-order valence-electron chi connectivity index (χ4n) is 2.85. The second-order valence-corrected chi connectivity index (χ2v) is 6.16. The highest BCUT2D eigenvalue weighted by Crippen LogP contribution is 2.11. The van der Waals surface area contributed by atoms with Crippen molar-refractivity contribution < 1.29 is 9.53 Å². The quantitative estimate of drug-likeness (QED) is 0.362. The average Bonchev–Trinajstić information content (AvgIpc) is 2.67. The molecule has 26 heavy (non-hydrogen) atoms. The maximum absolute atomic E-state index is 12.2. The Morgan fingerprint density at radius 3 is 2.46 bits per heavy atom. The molecule has 0 spiro atoms. The molecule has 146 valence electrons. The predicted molar refractivity (Wildman–Crippen MR) is 117 cm³/mol. The molecular formula is C19H31IN4O2. The lowest BCUT2D eigenvalue weighted by atomic mass is 10.1. The third-order valence-electron chi connectivity index (χ3n) is 4.29. The molecule has 2 N–H and O–H groups in total. The number of methoxy groups -OCH3 is 1. The van der Waals surface area contributed by atoms with E-state index in [1.54, 1.807) is 7.11 Å². The van der Waals surface area contributed by atoms with Gasteiger partial charge in [0.05, 0.1) is 7.11 Å². The van der Waals surface area contributed by atoms with Crippen LogP contribution in [-0.4, -0.2) is 56.6 Å². The normalized spacial score (nSPS) is 14.4. The third-order valence-corrected chi connectivity index (χ3v) is 4.29. The van der Waals surface area contributed by atoms with Gasteiger partial charge in [0.15, 0.2) is 5.96 Å². The molecule has 1 fully saturated rings. The number of benzene rings is 1. The number of amides is 1. The van der Waals surface area contributed by atoms with E-state index in [0.29, 0.717) is 5.96 Å². The Hall–Kier alpha value is -1.51. The molecule has 0 aliphatic carbocycles. The zero-order chi connectivity index (χ0) is 17.9. The van der Waals surface area contributed by atoms with Crippen molar-refractivity contribution in [3.05, 3.63) is 29.8 Å². The monoisotopic (exact) mass is 474 g/mol. The molecule has 7 heteroatoms. The number of likely N-dealkylation sites (tertiary alicyclic amines) is 1. The summed E-state index contributed by atoms with van der Waals surface area (Å²) in [4.78, 5) is 18.6. The molecule has 1 aromatic rings. The molecule has 0 atom stereocenters. The highest BCUT2D eigenvalue weighted by molar-refractivity contribution is 14.0. The number of carbonyl (C=O) groups excluding carboxylic acids is 1. The summed E-state index contributed by atoms with van der Waals surface area (Å²) in [7, 11) is 1.67. The van der Waals surface area contributed by atoms with Crippen LogP contribution in [0.4, 0.5) is 0 Å². The van der Waals surface area contributed by atoms with Crippen LogP contribution in [0.2, 0.25) is 0 Å². The van der Waals surface area contributed by atoms with Gasteiger partial charge < -0.3 is 20.3 Å². The Kier molecular flexibility index (Phi) is 11.1. The summed E-state index contributed by atoms with van der Waals surface area (Å²) in [6.45, 7) is 5.50. The van der Waals surface area contributed by atoms with Gasteiger partial charge in [-0.15, -0.1) is 24.0 Å². The number of halogens is 1. The molecule has 1 aliphatic heterocycles. The summed E-state index contributed by atoms with van der Waals surface area (Å²) in [5.74, 6) is 1.68. The van der Waals surface area contributed by atoms with Gasteiger partial charge in [0.1, 0.15) is 12.3 Å². The first-order valence-electron chi connectivity index (χ1n) is 9.16. The van der Waals surface area contributed by atoms with Gasteiger partial charge in [0.2, 0.25) is 5.91 Å². The number of rotatable bonds is 7. The van der Waals surface area contributed by atoms with E-state index in [1.165, 1.54) is 12.0 Å². The molecule has 1 aliphatic rings. The lowest BCUT2D eigenvalue weighted by Crippen LogP contribution is -2.41. The van der Waals surface area contributed by atoms with Gasteiger partial charge in [-0.25, -0.2) is 4.99 Å². The molecule has 1 saturated heterocycles. The summed E-state index contributed by atoms with van der Waals surface area (Å²) in [5.41, 5.74) is 1.23. The van der Waals surface area contributed by atoms with Crippen LogP contribution in [0.3, 0.4) is 0 Å². The van der Waals surface area contributed by atoms with Crippen LogP contribution >= 0.6 is 24.0 Å². The van der Waals surface area contributed by atoms with E-state index in [1.807, 2.05) is 24.0 Å². The largest absolute Gasteiger partial charge is 0.497 e. The third kappa shape index (κ3) is 7.80. The topological polar surface area (TPSA) is 66.0 Å². The van der Waals surface area contributed by atoms with Gasteiger partial charge in [-0.1, -0.05) is 12.1 Å². The van der Waals surface area contributed by atoms with Gasteiger partial charge in [-0.3, -0.25) is 4.79 Å². The van der Waals surface area contributed by atoms with Crippen LogP contribution in [0.15, 0.2) is 29.3 Å². The lowest BCUT2D eigenvalue weighted by molar-refractivity contribution is -0.130. The van der Waals surface area contributed by atoms with Gasteiger partial charge in [0, 0.05) is 26.2 Å². The number of guanidine groups is 1. The number of nitrogens with one attached hydrogen (secondary N) is 2. The van der Waals surface area contributed by atoms with Crippen LogP contribution in [-0.2, 0) is 11.2 Å². The first kappa shape index (κ1) is 22.5. The van der Waals surface area contributed by atoms with Gasteiger partial charge in [-0.2, -0.15) is 0 Å². The first-order valence-corrected chi connectivity index (χ1v) is 9.16. The van der Waals surface area contributed by atoms with Gasteiger partial charge >= 0.3 is 0 Å². The number of nitrogens with zero attached hydrogens (tertiary/aromatic N) is 2. The highest BCUT2D eigenvalue weighted by atomic mass is 127. The Bertz CT molecular complexity index is 557. The van der Waals surface area contributed by atoms with Crippen LogP contribution in [0.5, 0.6) is 5.75 Å². The first-order chi connectivity index (χ1) is 12.2. The second kappa shape index (κ2) is 12.8. The van der Waals surface area contributed by atoms with E-state index >= 15 is 0 Å². The van der Waals surface area contributed by atoms with Crippen molar-refractivity contribution in [2.75, 3.05) is 39.8 Å². The minimum absolute atomic E-state index is 0. The maximum atomic E-state index is 12.2. The molecule has 6 nitrogen and oxygen atoms in total. The van der Waals surface area contributed by atoms with Crippen LogP contribution in [0.1, 0.15) is 31.7 Å². The van der Waals surface area contributed by atoms with E-state index < -0.39 is 0 Å². The Labute approximate surface area is 173 Å². The van der Waals surface area contributed by atoms with Gasteiger partial charge in [-0.05, 0) is 50.3 Å². The molecule has 1 heterocycles. The zero-order valence-corrected chi connectivity index (χ0v) is 18.1. The fraction of sp³-hybridized carbons (Fsp3) is 0.579. The molecule has 0 radical (unpaired) electrons. The molecular weight excluding hydrogens is 443 g/mol. The Morgan fingerprint density at radius 2 is 1.85 bits per heavy atom. The van der Waals surface area contributed by atoms with Crippen molar-refractivity contribution in [2.24, 2.45) is 4.99 Å². The van der Waals surface area contributed by atoms with E-state index in [9.17, 15) is 4.79 Å². The minimum atomic E-state index is 0. The summed E-state index contributed by atoms with van der Waals surface area (Å²) < 4.78 is 5.17. The van der Waals surface area contributed by atoms with Crippen molar-refractivity contribution in [3.63, 3.8) is 0 Å². The zero-order valence-electron chi connectivity index (χ0n) is 15.8. The predicted octanol–water partition coefficient (Wildman–Crippen LogP) is 2.42. The SMILES string of the molecule is CCNC(=NCC(=O)N1CCCCC1)NCCc1ccc(OC)cc1.I. The summed E-state index contributed by atoms with van der Waals surface area (Å²) in [5, 5.41) is 6.49. The molecule has 0 saturated carbocycles. The van der Waals surface area contributed by atoms with E-state index in [2.05, 4.69) is 27.8 Å². The van der Waals surface area contributed by atoms with Crippen LogP contribution in [0, 0.1) is 0 Å². The standard InChI is InChI=1S/C19H30N4O2.HI/c1-3-20-19(22-15-18(24)23-13-5-4-6-14-23)21-12-11-16-7-9-17(25-2)10-8-16;/h7-10H,3-6,11-15H2,1-2H3,(H2,20,21,22);1H. The second-order valence-electron chi connectivity index (χ2n) is 6.16. The van der Waals surface area contributed by atoms with Crippen molar-refractivity contribution >= 4 is 35.8 Å². The van der Waals surface area contributed by atoms with E-state index in [0.717, 1.165) is 51.2 Å². The minimum Gasteiger partial charge on any atom is -0.497 e. The van der Waals surface area contributed by atoms with Crippen LogP contribution < -0.4 is 15.4 Å². The van der Waals surface area contributed by atoms with E-state index in [-0.39, 0.29) is 36.4 Å². The lowest BCUT2D eigenvalue weighted by Gasteiger charge is -2.26. The Morgan fingerprint density at radius 1 is 1.15 bits per heavy atom. The van der Waals surface area contributed by atoms with Crippen molar-refractivity contribution in [1.82, 2.24) is 15.5 Å². The van der Waals surface area contributed by atoms with Crippen molar-refractivity contribution in [3.8, 4) is 5.75 Å². The summed E-state index contributed by atoms with van der Waals surface area (Å²) in [6, 6.07) is 8.05. The number of ether oxygens (including phenoxy) is 1. The summed E-state index contributed by atoms with van der Waals surface area (Å²) in [6.07, 6.45) is 4.32. The molecule has 0 bridgehead atoms. The van der Waals surface area contributed by atoms with Crippen molar-refractivity contribution in [1.29, 1.82) is 0 Å².